The maximum atomic E-state index is 13.2. The Labute approximate surface area is 199 Å². The smallest absolute Gasteiger partial charge is 0.255 e. The molecule has 3 aliphatic rings. The van der Waals surface area contributed by atoms with Crippen molar-refractivity contribution in [2.24, 2.45) is 0 Å². The molecule has 0 spiro atoms. The second-order valence-corrected chi connectivity index (χ2v) is 10.9. The number of anilines is 1. The molecule has 3 aromatic rings. The van der Waals surface area contributed by atoms with Crippen molar-refractivity contribution in [3.05, 3.63) is 47.8 Å². The highest BCUT2D eigenvalue weighted by Gasteiger charge is 2.48. The molecule has 8 nitrogen and oxygen atoms in total. The molecule has 3 fully saturated rings. The van der Waals surface area contributed by atoms with Crippen molar-refractivity contribution >= 4 is 17.1 Å². The minimum atomic E-state index is -0.530. The number of fused-ring (bicyclic) bond motifs is 4. The lowest BCUT2D eigenvalue weighted by Gasteiger charge is -2.51. The van der Waals surface area contributed by atoms with Crippen LogP contribution in [0.15, 0.2) is 36.7 Å². The summed E-state index contributed by atoms with van der Waals surface area (Å²) in [6.07, 6.45) is 8.09. The average molecular weight is 459 g/mol. The molecule has 1 amide bonds. The highest BCUT2D eigenvalue weighted by molar-refractivity contribution is 6.00. The van der Waals surface area contributed by atoms with Crippen LogP contribution in [0.3, 0.4) is 0 Å². The zero-order chi connectivity index (χ0) is 24.1. The van der Waals surface area contributed by atoms with E-state index in [-0.39, 0.29) is 17.0 Å². The van der Waals surface area contributed by atoms with Gasteiger partial charge in [0.05, 0.1) is 45.5 Å². The molecule has 2 bridgehead atoms. The molecular formula is C26H30N6O2. The van der Waals surface area contributed by atoms with Crippen molar-refractivity contribution < 1.29 is 9.90 Å². The molecular weight excluding hydrogens is 428 g/mol. The Morgan fingerprint density at radius 3 is 2.47 bits per heavy atom. The summed E-state index contributed by atoms with van der Waals surface area (Å²) in [6, 6.07) is 9.64. The van der Waals surface area contributed by atoms with E-state index in [1.165, 1.54) is 6.20 Å². The number of rotatable bonds is 4. The third kappa shape index (κ3) is 4.12. The molecule has 6 rings (SSSR count). The largest absolute Gasteiger partial charge is 0.390 e. The number of nitrogens with one attached hydrogen (secondary N) is 2. The summed E-state index contributed by atoms with van der Waals surface area (Å²) in [5.74, 6) is -0.176. The average Bonchev–Trinajstić information content (AvgIpc) is 3.22. The first-order valence-electron chi connectivity index (χ1n) is 11.8. The van der Waals surface area contributed by atoms with Crippen LogP contribution in [0.4, 0.5) is 5.69 Å². The van der Waals surface area contributed by atoms with Gasteiger partial charge in [0.2, 0.25) is 0 Å². The number of hydrogen-bond donors (Lipinski definition) is 3. The van der Waals surface area contributed by atoms with Crippen LogP contribution in [-0.2, 0) is 0 Å². The normalized spacial score (nSPS) is 24.1. The van der Waals surface area contributed by atoms with Gasteiger partial charge in [0, 0.05) is 17.3 Å². The van der Waals surface area contributed by atoms with E-state index in [1.807, 2.05) is 39.0 Å². The Balaban J connectivity index is 1.55. The van der Waals surface area contributed by atoms with Crippen LogP contribution >= 0.6 is 0 Å². The molecule has 3 aromatic heterocycles. The van der Waals surface area contributed by atoms with Crippen molar-refractivity contribution in [1.82, 2.24) is 19.9 Å². The van der Waals surface area contributed by atoms with Crippen molar-refractivity contribution in [3.63, 3.8) is 0 Å². The van der Waals surface area contributed by atoms with Gasteiger partial charge in [-0.1, -0.05) is 0 Å². The third-order valence-electron chi connectivity index (χ3n) is 7.14. The number of aliphatic hydroxyl groups is 1. The van der Waals surface area contributed by atoms with Crippen LogP contribution in [0, 0.1) is 11.3 Å². The fourth-order valence-electron chi connectivity index (χ4n) is 5.18. The minimum Gasteiger partial charge on any atom is -0.390 e. The molecule has 0 saturated heterocycles. The van der Waals surface area contributed by atoms with Gasteiger partial charge in [0.1, 0.15) is 6.07 Å². The van der Waals surface area contributed by atoms with E-state index in [0.717, 1.165) is 55.4 Å². The van der Waals surface area contributed by atoms with Gasteiger partial charge in [-0.05, 0) is 83.6 Å². The first-order chi connectivity index (χ1) is 16.1. The van der Waals surface area contributed by atoms with E-state index in [1.54, 1.807) is 16.8 Å². The summed E-state index contributed by atoms with van der Waals surface area (Å²) in [7, 11) is 0. The lowest BCUT2D eigenvalue weighted by Crippen LogP contribution is -2.54. The topological polar surface area (TPSA) is 115 Å². The Morgan fingerprint density at radius 1 is 1.12 bits per heavy atom. The molecule has 176 valence electrons. The highest BCUT2D eigenvalue weighted by Crippen LogP contribution is 2.48. The highest BCUT2D eigenvalue weighted by atomic mass is 16.3. The van der Waals surface area contributed by atoms with Crippen LogP contribution in [0.25, 0.3) is 16.9 Å². The number of amides is 1. The lowest BCUT2D eigenvalue weighted by molar-refractivity contribution is -0.0580. The van der Waals surface area contributed by atoms with Crippen molar-refractivity contribution in [2.75, 3.05) is 5.32 Å². The predicted molar refractivity (Wildman–Crippen MR) is 129 cm³/mol. The number of nitrogens with zero attached hydrogens (tertiary/aromatic N) is 4. The molecule has 0 unspecified atom stereocenters. The summed E-state index contributed by atoms with van der Waals surface area (Å²) >= 11 is 0. The van der Waals surface area contributed by atoms with Crippen molar-refractivity contribution in [1.29, 1.82) is 5.26 Å². The number of nitriles is 1. The first-order valence-corrected chi connectivity index (χ1v) is 11.8. The summed E-state index contributed by atoms with van der Waals surface area (Å²) in [4.78, 5) is 17.8. The standard InChI is InChI=1S/C26H30N6O2/c1-24(2,3)31-23(33)19-16-28-21(22-5-4-18-12-17(14-27)15-29-32(18)22)13-20(19)30-25-6-9-26(34,10-7-25)11-8-25/h4-5,12-13,15-16,34H,6-11H2,1-3H3,(H,28,30)(H,31,33). The van der Waals surface area contributed by atoms with Gasteiger partial charge in [-0.2, -0.15) is 10.4 Å². The van der Waals surface area contributed by atoms with Gasteiger partial charge in [-0.15, -0.1) is 0 Å². The number of carbonyl (C=O) groups excluding carboxylic acids is 1. The van der Waals surface area contributed by atoms with Gasteiger partial charge in [-0.25, -0.2) is 4.52 Å². The number of aromatic nitrogens is 3. The summed E-state index contributed by atoms with van der Waals surface area (Å²) in [5.41, 5.74) is 2.96. The Bertz CT molecular complexity index is 1290. The van der Waals surface area contributed by atoms with Crippen LogP contribution < -0.4 is 10.6 Å². The first kappa shape index (κ1) is 22.4. The van der Waals surface area contributed by atoms with Crippen molar-refractivity contribution in [2.45, 2.75) is 76.0 Å². The van der Waals surface area contributed by atoms with E-state index in [4.69, 9.17) is 5.26 Å². The zero-order valence-electron chi connectivity index (χ0n) is 19.9. The number of pyridine rings is 1. The Kier molecular flexibility index (Phi) is 5.14. The van der Waals surface area contributed by atoms with Gasteiger partial charge in [0.25, 0.3) is 5.91 Å². The maximum absolute atomic E-state index is 13.2. The van der Waals surface area contributed by atoms with Gasteiger partial charge in [0.15, 0.2) is 0 Å². The molecule has 0 aliphatic heterocycles. The van der Waals surface area contributed by atoms with Crippen LogP contribution in [-0.4, -0.2) is 42.3 Å². The van der Waals surface area contributed by atoms with E-state index < -0.39 is 5.60 Å². The van der Waals surface area contributed by atoms with E-state index in [9.17, 15) is 9.90 Å². The van der Waals surface area contributed by atoms with Crippen LogP contribution in [0.2, 0.25) is 0 Å². The van der Waals surface area contributed by atoms with E-state index >= 15 is 0 Å². The zero-order valence-corrected chi connectivity index (χ0v) is 19.9. The third-order valence-corrected chi connectivity index (χ3v) is 7.14. The number of carbonyl (C=O) groups is 1. The van der Waals surface area contributed by atoms with Crippen molar-refractivity contribution in [3.8, 4) is 17.5 Å². The van der Waals surface area contributed by atoms with Gasteiger partial charge in [-0.3, -0.25) is 9.78 Å². The monoisotopic (exact) mass is 458 g/mol. The van der Waals surface area contributed by atoms with E-state index in [2.05, 4.69) is 26.8 Å². The molecule has 0 aromatic carbocycles. The molecule has 0 radical (unpaired) electrons. The maximum Gasteiger partial charge on any atom is 0.255 e. The van der Waals surface area contributed by atoms with Gasteiger partial charge < -0.3 is 15.7 Å². The molecule has 3 N–H and O–H groups in total. The molecule has 8 heteroatoms. The fourth-order valence-corrected chi connectivity index (χ4v) is 5.18. The molecule has 34 heavy (non-hydrogen) atoms. The summed E-state index contributed by atoms with van der Waals surface area (Å²) in [6.45, 7) is 5.86. The number of hydrogen-bond acceptors (Lipinski definition) is 6. The molecule has 3 saturated carbocycles. The lowest BCUT2D eigenvalue weighted by atomic mass is 9.63. The van der Waals surface area contributed by atoms with E-state index in [0.29, 0.717) is 16.8 Å². The minimum absolute atomic E-state index is 0.138. The summed E-state index contributed by atoms with van der Waals surface area (Å²) in [5, 5.41) is 31.0. The Hall–Kier alpha value is -3.44. The SMILES string of the molecule is CC(C)(C)NC(=O)c1cnc(-c2ccc3cc(C#N)cnn23)cc1NC12CCC(O)(CC1)CC2. The fraction of sp³-hybridized carbons (Fsp3) is 0.462. The second kappa shape index (κ2) is 7.81. The van der Waals surface area contributed by atoms with Gasteiger partial charge >= 0.3 is 0 Å². The molecule has 0 atom stereocenters. The molecule has 3 aliphatic carbocycles. The predicted octanol–water partition coefficient (Wildman–Crippen LogP) is 4.05. The molecule has 3 heterocycles. The second-order valence-electron chi connectivity index (χ2n) is 10.9. The summed E-state index contributed by atoms with van der Waals surface area (Å²) < 4.78 is 1.75. The quantitative estimate of drug-likeness (QED) is 0.543. The Morgan fingerprint density at radius 2 is 1.82 bits per heavy atom. The van der Waals surface area contributed by atoms with Crippen LogP contribution in [0.1, 0.15) is 75.2 Å². The van der Waals surface area contributed by atoms with Crippen LogP contribution in [0.5, 0.6) is 0 Å².